The van der Waals surface area contributed by atoms with Crippen molar-refractivity contribution in [3.05, 3.63) is 0 Å². The first-order valence-electron chi connectivity index (χ1n) is 7.48. The van der Waals surface area contributed by atoms with E-state index in [1.807, 2.05) is 27.7 Å². The molecule has 1 heterocycles. The molecule has 1 aliphatic rings. The van der Waals surface area contributed by atoms with Crippen molar-refractivity contribution in [1.82, 2.24) is 4.90 Å². The molecule has 0 saturated carbocycles. The summed E-state index contributed by atoms with van der Waals surface area (Å²) in [4.78, 5) is 29.9. The monoisotopic (exact) mass is 341 g/mol. The van der Waals surface area contributed by atoms with Gasteiger partial charge in [-0.05, 0) is 27.7 Å². The van der Waals surface area contributed by atoms with Crippen molar-refractivity contribution in [2.24, 2.45) is 0 Å². The standard InChI is InChI=1S/C15H27NO3Si.CO2/c1-12-10-15(18,8-9-20(5,6)7)11-16(12)13(17)19-14(2,3)4;2-1-3/h12,18H,10-11H2,1-7H3;/t12-,15?;/m1./s1. The Bertz CT molecular complexity index is 517. The highest BCUT2D eigenvalue weighted by Gasteiger charge is 2.43. The second-order valence-corrected chi connectivity index (χ2v) is 12.5. The minimum Gasteiger partial charge on any atom is -0.444 e. The maximum atomic E-state index is 12.1. The van der Waals surface area contributed by atoms with Gasteiger partial charge >= 0.3 is 12.2 Å². The summed E-state index contributed by atoms with van der Waals surface area (Å²) in [5.41, 5.74) is 1.57. The molecule has 1 aliphatic heterocycles. The van der Waals surface area contributed by atoms with Gasteiger partial charge in [-0.15, -0.1) is 5.54 Å². The third kappa shape index (κ3) is 8.55. The summed E-state index contributed by atoms with van der Waals surface area (Å²) >= 11 is 0. The largest absolute Gasteiger partial charge is 0.444 e. The zero-order valence-electron chi connectivity index (χ0n) is 15.0. The van der Waals surface area contributed by atoms with E-state index in [0.29, 0.717) is 6.42 Å². The second-order valence-electron chi connectivity index (χ2n) is 7.78. The van der Waals surface area contributed by atoms with Gasteiger partial charge in [0.2, 0.25) is 0 Å². The van der Waals surface area contributed by atoms with Crippen molar-refractivity contribution in [2.45, 2.75) is 71.0 Å². The molecule has 0 bridgehead atoms. The first kappa shape index (κ1) is 21.4. The SMILES string of the molecule is C[C@@H]1CC(O)(C#C[Si](C)(C)C)CN1C(=O)OC(C)(C)C.O=C=O. The van der Waals surface area contributed by atoms with Crippen LogP contribution in [0.4, 0.5) is 4.79 Å². The normalized spacial score (nSPS) is 23.8. The fourth-order valence-electron chi connectivity index (χ4n) is 2.06. The third-order valence-electron chi connectivity index (χ3n) is 2.90. The van der Waals surface area contributed by atoms with Crippen LogP contribution in [-0.2, 0) is 14.3 Å². The maximum Gasteiger partial charge on any atom is 0.410 e. The molecule has 0 aromatic heterocycles. The van der Waals surface area contributed by atoms with Crippen LogP contribution in [0.1, 0.15) is 34.1 Å². The van der Waals surface area contributed by atoms with Crippen LogP contribution in [0.3, 0.4) is 0 Å². The van der Waals surface area contributed by atoms with Crippen LogP contribution in [0.25, 0.3) is 0 Å². The van der Waals surface area contributed by atoms with Crippen LogP contribution in [0, 0.1) is 11.5 Å². The van der Waals surface area contributed by atoms with Gasteiger partial charge in [0.1, 0.15) is 19.3 Å². The van der Waals surface area contributed by atoms with Gasteiger partial charge in [0, 0.05) is 12.5 Å². The summed E-state index contributed by atoms with van der Waals surface area (Å²) in [5.74, 6) is 2.99. The molecule has 6 nitrogen and oxygen atoms in total. The molecule has 1 fully saturated rings. The Hall–Kier alpha value is -1.61. The highest BCUT2D eigenvalue weighted by atomic mass is 28.3. The highest BCUT2D eigenvalue weighted by Crippen LogP contribution is 2.28. The molecule has 0 aromatic rings. The number of nitrogens with zero attached hydrogens (tertiary/aromatic N) is 1. The van der Waals surface area contributed by atoms with Crippen molar-refractivity contribution in [2.75, 3.05) is 6.54 Å². The number of hydrogen-bond donors (Lipinski definition) is 1. The Morgan fingerprint density at radius 1 is 1.30 bits per heavy atom. The molecule has 130 valence electrons. The number of carbonyl (C=O) groups excluding carboxylic acids is 3. The van der Waals surface area contributed by atoms with Gasteiger partial charge in [-0.2, -0.15) is 9.59 Å². The fraction of sp³-hybridized carbons (Fsp3) is 0.750. The van der Waals surface area contributed by atoms with Gasteiger partial charge in [0.15, 0.2) is 0 Å². The molecule has 1 saturated heterocycles. The van der Waals surface area contributed by atoms with Crippen LogP contribution in [-0.4, -0.2) is 54.1 Å². The topological polar surface area (TPSA) is 83.9 Å². The minimum absolute atomic E-state index is 0.0641. The lowest BCUT2D eigenvalue weighted by Gasteiger charge is -2.27. The fourth-order valence-corrected chi connectivity index (χ4v) is 2.67. The Labute approximate surface area is 139 Å². The Balaban J connectivity index is 0.00000149. The summed E-state index contributed by atoms with van der Waals surface area (Å²) in [6, 6.07) is -0.0641. The molecule has 1 N–H and O–H groups in total. The van der Waals surface area contributed by atoms with Gasteiger partial charge < -0.3 is 14.7 Å². The first-order chi connectivity index (χ1) is 10.2. The van der Waals surface area contributed by atoms with Crippen LogP contribution in [0.5, 0.6) is 0 Å². The highest BCUT2D eigenvalue weighted by molar-refractivity contribution is 6.83. The van der Waals surface area contributed by atoms with Crippen LogP contribution in [0.2, 0.25) is 19.6 Å². The van der Waals surface area contributed by atoms with E-state index in [1.54, 1.807) is 4.90 Å². The van der Waals surface area contributed by atoms with E-state index in [2.05, 4.69) is 31.1 Å². The average molecular weight is 341 g/mol. The average Bonchev–Trinajstić information content (AvgIpc) is 2.61. The third-order valence-corrected chi connectivity index (χ3v) is 3.77. The van der Waals surface area contributed by atoms with E-state index < -0.39 is 19.3 Å². The Kier molecular flexibility index (Phi) is 7.23. The van der Waals surface area contributed by atoms with Crippen LogP contribution < -0.4 is 0 Å². The van der Waals surface area contributed by atoms with Gasteiger partial charge in [0.05, 0.1) is 6.54 Å². The van der Waals surface area contributed by atoms with Crippen LogP contribution in [0.15, 0.2) is 0 Å². The van der Waals surface area contributed by atoms with E-state index in [4.69, 9.17) is 14.3 Å². The molecule has 0 radical (unpaired) electrons. The van der Waals surface area contributed by atoms with E-state index in [1.165, 1.54) is 0 Å². The zero-order chi connectivity index (χ0) is 18.5. The molecule has 23 heavy (non-hydrogen) atoms. The van der Waals surface area contributed by atoms with Crippen molar-refractivity contribution in [3.63, 3.8) is 0 Å². The molecule has 0 aliphatic carbocycles. The Morgan fingerprint density at radius 2 is 1.78 bits per heavy atom. The molecular weight excluding hydrogens is 314 g/mol. The second kappa shape index (κ2) is 7.78. The van der Waals surface area contributed by atoms with Crippen molar-refractivity contribution in [3.8, 4) is 11.5 Å². The molecular formula is C16H27NO5Si. The number of β-amino-alcohol motifs (C(OH)–C–C–N with tert-alkyl or cyclic N) is 1. The van der Waals surface area contributed by atoms with E-state index >= 15 is 0 Å². The van der Waals surface area contributed by atoms with Gasteiger partial charge in [-0.1, -0.05) is 25.6 Å². The number of likely N-dealkylation sites (tertiary alicyclic amines) is 1. The lowest BCUT2D eigenvalue weighted by atomic mass is 10.0. The summed E-state index contributed by atoms with van der Waals surface area (Å²) in [6.45, 7) is 14.0. The van der Waals surface area contributed by atoms with E-state index in [0.717, 1.165) is 0 Å². The van der Waals surface area contributed by atoms with Crippen molar-refractivity contribution < 1.29 is 24.2 Å². The summed E-state index contributed by atoms with van der Waals surface area (Å²) in [6.07, 6.45) is 0.347. The predicted octanol–water partition coefficient (Wildman–Crippen LogP) is 2.04. The molecule has 7 heteroatoms. The lowest BCUT2D eigenvalue weighted by Crippen LogP contribution is -2.40. The molecule has 0 spiro atoms. The summed E-state index contributed by atoms with van der Waals surface area (Å²) in [5, 5.41) is 10.5. The number of carbonyl (C=O) groups is 1. The molecule has 1 amide bonds. The summed E-state index contributed by atoms with van der Waals surface area (Å²) < 4.78 is 5.37. The molecule has 1 rings (SSSR count). The Morgan fingerprint density at radius 3 is 2.17 bits per heavy atom. The minimum atomic E-state index is -1.54. The lowest BCUT2D eigenvalue weighted by molar-refractivity contribution is -0.191. The predicted molar refractivity (Wildman–Crippen MR) is 88.1 cm³/mol. The quantitative estimate of drug-likeness (QED) is 0.538. The number of rotatable bonds is 0. The van der Waals surface area contributed by atoms with Crippen LogP contribution >= 0.6 is 0 Å². The molecule has 0 aromatic carbocycles. The number of ether oxygens (including phenoxy) is 1. The number of aliphatic hydroxyl groups is 1. The van der Waals surface area contributed by atoms with Gasteiger partial charge in [0.25, 0.3) is 0 Å². The smallest absolute Gasteiger partial charge is 0.410 e. The molecule has 2 atom stereocenters. The maximum absolute atomic E-state index is 12.1. The number of amides is 1. The number of hydrogen-bond acceptors (Lipinski definition) is 5. The van der Waals surface area contributed by atoms with E-state index in [9.17, 15) is 9.90 Å². The van der Waals surface area contributed by atoms with Gasteiger partial charge in [-0.25, -0.2) is 4.79 Å². The van der Waals surface area contributed by atoms with Crippen molar-refractivity contribution >= 4 is 20.3 Å². The summed E-state index contributed by atoms with van der Waals surface area (Å²) in [7, 11) is -1.54. The first-order valence-corrected chi connectivity index (χ1v) is 11.0. The van der Waals surface area contributed by atoms with Gasteiger partial charge in [-0.3, -0.25) is 0 Å². The van der Waals surface area contributed by atoms with Crippen molar-refractivity contribution in [1.29, 1.82) is 0 Å². The zero-order valence-corrected chi connectivity index (χ0v) is 16.0. The molecule has 1 unspecified atom stereocenters. The van der Waals surface area contributed by atoms with E-state index in [-0.39, 0.29) is 24.8 Å².